The van der Waals surface area contributed by atoms with Crippen molar-refractivity contribution in [2.75, 3.05) is 0 Å². The van der Waals surface area contributed by atoms with Gasteiger partial charge in [-0.05, 0) is 30.8 Å². The number of aromatic nitrogens is 3. The monoisotopic (exact) mass is 301 g/mol. The summed E-state index contributed by atoms with van der Waals surface area (Å²) in [5.74, 6) is -2.92. The van der Waals surface area contributed by atoms with E-state index in [2.05, 4.69) is 15.1 Å². The number of ether oxygens (including phenoxy) is 1. The maximum Gasteiger partial charge on any atom is 0.341 e. The number of carbonyl (C=O) groups excluding carboxylic acids is 1. The van der Waals surface area contributed by atoms with Crippen molar-refractivity contribution < 1.29 is 22.8 Å². The maximum atomic E-state index is 12.4. The van der Waals surface area contributed by atoms with Crippen LogP contribution in [0.25, 0.3) is 0 Å². The van der Waals surface area contributed by atoms with Gasteiger partial charge in [0.2, 0.25) is 0 Å². The lowest BCUT2D eigenvalue weighted by molar-refractivity contribution is 0.0424. The molecule has 0 aliphatic carbocycles. The second kappa shape index (κ2) is 6.42. The first-order valence-electron chi connectivity index (χ1n) is 5.42. The zero-order chi connectivity index (χ0) is 14.5. The van der Waals surface area contributed by atoms with E-state index in [1.165, 1.54) is 18.3 Å². The van der Waals surface area contributed by atoms with Gasteiger partial charge in [-0.1, -0.05) is 5.16 Å². The fourth-order valence-corrected chi connectivity index (χ4v) is 1.90. The number of alkyl halides is 2. The molecule has 0 atom stereocenters. The predicted molar refractivity (Wildman–Crippen MR) is 64.3 cm³/mol. The lowest BCUT2D eigenvalue weighted by Crippen LogP contribution is -2.08. The van der Waals surface area contributed by atoms with Crippen LogP contribution in [0.5, 0.6) is 0 Å². The summed E-state index contributed by atoms with van der Waals surface area (Å²) in [5, 5.41) is 3.44. The molecule has 0 fully saturated rings. The Balaban J connectivity index is 2.05. The number of carbonyl (C=O) groups is 1. The third-order valence-electron chi connectivity index (χ3n) is 2.09. The molecular weight excluding hydrogens is 292 g/mol. The van der Waals surface area contributed by atoms with Crippen LogP contribution in [0.2, 0.25) is 0 Å². The zero-order valence-electron chi connectivity index (χ0n) is 10.2. The first-order chi connectivity index (χ1) is 9.56. The molecule has 0 aromatic carbocycles. The Morgan fingerprint density at radius 2 is 2.35 bits per heavy atom. The fourth-order valence-electron chi connectivity index (χ4n) is 1.33. The normalized spacial score (nSPS) is 10.8. The van der Waals surface area contributed by atoms with Gasteiger partial charge in [0.1, 0.15) is 5.03 Å². The van der Waals surface area contributed by atoms with E-state index in [1.807, 2.05) is 0 Å². The van der Waals surface area contributed by atoms with Crippen molar-refractivity contribution in [1.29, 1.82) is 0 Å². The molecule has 0 aliphatic rings. The minimum atomic E-state index is -2.67. The number of pyridine rings is 1. The number of hydrogen-bond donors (Lipinski definition) is 0. The van der Waals surface area contributed by atoms with Crippen LogP contribution in [0.1, 0.15) is 22.1 Å². The van der Waals surface area contributed by atoms with Gasteiger partial charge in [-0.15, -0.1) is 0 Å². The van der Waals surface area contributed by atoms with Crippen molar-refractivity contribution in [3.05, 3.63) is 35.6 Å². The molecule has 0 saturated carbocycles. The molecule has 0 amide bonds. The van der Waals surface area contributed by atoms with Gasteiger partial charge in [-0.25, -0.2) is 9.78 Å². The number of esters is 1. The molecule has 9 heteroatoms. The van der Waals surface area contributed by atoms with Crippen molar-refractivity contribution >= 4 is 17.7 Å². The van der Waals surface area contributed by atoms with E-state index >= 15 is 0 Å². The number of rotatable bonds is 5. The van der Waals surface area contributed by atoms with Crippen molar-refractivity contribution in [2.24, 2.45) is 0 Å². The lowest BCUT2D eigenvalue weighted by atomic mass is 10.3. The zero-order valence-corrected chi connectivity index (χ0v) is 11.1. The molecule has 0 spiro atoms. The molecule has 20 heavy (non-hydrogen) atoms. The molecular formula is C11H9F2N3O3S. The fraction of sp³-hybridized carbons (Fsp3) is 0.273. The molecule has 2 rings (SSSR count). The topological polar surface area (TPSA) is 78.1 Å². The van der Waals surface area contributed by atoms with Gasteiger partial charge in [-0.3, -0.25) is 0 Å². The summed E-state index contributed by atoms with van der Waals surface area (Å²) < 4.78 is 34.4. The van der Waals surface area contributed by atoms with Crippen LogP contribution in [-0.4, -0.2) is 26.9 Å². The maximum absolute atomic E-state index is 12.4. The molecule has 2 aromatic rings. The van der Waals surface area contributed by atoms with Crippen molar-refractivity contribution in [3.63, 3.8) is 0 Å². The van der Waals surface area contributed by atoms with Crippen LogP contribution in [-0.2, 0) is 11.3 Å². The molecule has 0 unspecified atom stereocenters. The van der Waals surface area contributed by atoms with Gasteiger partial charge in [0.15, 0.2) is 12.4 Å². The number of nitrogens with zero attached hydrogens (tertiary/aromatic N) is 3. The summed E-state index contributed by atoms with van der Waals surface area (Å²) in [4.78, 5) is 19.4. The Kier molecular flexibility index (Phi) is 4.61. The number of hydrogen-bond acceptors (Lipinski definition) is 7. The molecule has 0 bridgehead atoms. The second-order valence-corrected chi connectivity index (χ2v) is 4.52. The van der Waals surface area contributed by atoms with Crippen LogP contribution < -0.4 is 0 Å². The van der Waals surface area contributed by atoms with E-state index in [0.717, 1.165) is 0 Å². The molecule has 0 radical (unpaired) electrons. The quantitative estimate of drug-likeness (QED) is 0.620. The molecule has 0 saturated heterocycles. The van der Waals surface area contributed by atoms with Crippen molar-refractivity contribution in [2.45, 2.75) is 24.3 Å². The summed E-state index contributed by atoms with van der Waals surface area (Å²) in [6.07, 6.45) is 1.32. The first kappa shape index (κ1) is 14.4. The summed E-state index contributed by atoms with van der Waals surface area (Å²) >= 11 is 0.182. The smallest absolute Gasteiger partial charge is 0.341 e. The van der Waals surface area contributed by atoms with Crippen LogP contribution in [0, 0.1) is 6.92 Å². The third kappa shape index (κ3) is 3.73. The van der Waals surface area contributed by atoms with Crippen LogP contribution in [0.15, 0.2) is 27.9 Å². The Labute approximate surface area is 116 Å². The number of halogens is 2. The average Bonchev–Trinajstić information content (AvgIpc) is 2.82. The third-order valence-corrected chi connectivity index (χ3v) is 2.81. The summed E-state index contributed by atoms with van der Waals surface area (Å²) in [7, 11) is 0. The Hall–Kier alpha value is -2.03. The lowest BCUT2D eigenvalue weighted by Gasteiger charge is -2.06. The highest BCUT2D eigenvalue weighted by Crippen LogP contribution is 2.26. The van der Waals surface area contributed by atoms with Gasteiger partial charge in [0, 0.05) is 6.20 Å². The number of thioether (sulfide) groups is 1. The first-order valence-corrected chi connectivity index (χ1v) is 6.30. The number of aryl methyl sites for hydroxylation is 1. The molecule has 2 heterocycles. The second-order valence-electron chi connectivity index (χ2n) is 3.55. The molecule has 6 nitrogen and oxygen atoms in total. The van der Waals surface area contributed by atoms with Gasteiger partial charge in [-0.2, -0.15) is 13.8 Å². The van der Waals surface area contributed by atoms with Crippen LogP contribution in [0.4, 0.5) is 8.78 Å². The summed E-state index contributed by atoms with van der Waals surface area (Å²) in [6.45, 7) is 1.39. The highest BCUT2D eigenvalue weighted by Gasteiger charge is 2.18. The van der Waals surface area contributed by atoms with Crippen molar-refractivity contribution in [1.82, 2.24) is 15.1 Å². The SMILES string of the molecule is Cc1noc(COC(=O)c2cccnc2SC(F)F)n1. The summed E-state index contributed by atoms with van der Waals surface area (Å²) in [6, 6.07) is 2.82. The largest absolute Gasteiger partial charge is 0.452 e. The highest BCUT2D eigenvalue weighted by atomic mass is 32.2. The van der Waals surface area contributed by atoms with E-state index in [-0.39, 0.29) is 34.8 Å². The van der Waals surface area contributed by atoms with Crippen molar-refractivity contribution in [3.8, 4) is 0 Å². The van der Waals surface area contributed by atoms with E-state index in [1.54, 1.807) is 6.92 Å². The summed E-state index contributed by atoms with van der Waals surface area (Å²) in [5.41, 5.74) is -0.0333. The highest BCUT2D eigenvalue weighted by molar-refractivity contribution is 7.99. The van der Waals surface area contributed by atoms with Gasteiger partial charge < -0.3 is 9.26 Å². The van der Waals surface area contributed by atoms with E-state index in [9.17, 15) is 13.6 Å². The Bertz CT molecular complexity index is 606. The van der Waals surface area contributed by atoms with Gasteiger partial charge in [0.25, 0.3) is 11.6 Å². The standard InChI is InChI=1S/C11H9F2N3O3S/c1-6-15-8(19-16-6)5-18-10(17)7-3-2-4-14-9(7)20-11(12)13/h2-4,11H,5H2,1H3. The Morgan fingerprint density at radius 1 is 1.55 bits per heavy atom. The molecule has 106 valence electrons. The van der Waals surface area contributed by atoms with E-state index in [4.69, 9.17) is 9.26 Å². The minimum Gasteiger partial charge on any atom is -0.452 e. The Morgan fingerprint density at radius 3 is 3.00 bits per heavy atom. The predicted octanol–water partition coefficient (Wildman–Crippen LogP) is 2.44. The van der Waals surface area contributed by atoms with E-state index < -0.39 is 11.7 Å². The van der Waals surface area contributed by atoms with E-state index in [0.29, 0.717) is 5.82 Å². The molecule has 2 aromatic heterocycles. The van der Waals surface area contributed by atoms with Crippen LogP contribution >= 0.6 is 11.8 Å². The minimum absolute atomic E-state index is 0.0333. The van der Waals surface area contributed by atoms with Gasteiger partial charge >= 0.3 is 5.97 Å². The van der Waals surface area contributed by atoms with Crippen LogP contribution in [0.3, 0.4) is 0 Å². The molecule has 0 N–H and O–H groups in total. The van der Waals surface area contributed by atoms with Gasteiger partial charge in [0.05, 0.1) is 5.56 Å². The molecule has 0 aliphatic heterocycles. The average molecular weight is 301 g/mol.